The zero-order chi connectivity index (χ0) is 15.2. The Bertz CT molecular complexity index is 450. The standard InChI is InChI=1S/C17H26N2O2/c1-14(20)10-13-18(2)17(21)15-6-8-16(9-7-15)19-11-4-3-5-12-19/h6-9,14,20H,3-5,10-13H2,1-2H3. The molecule has 1 heterocycles. The summed E-state index contributed by atoms with van der Waals surface area (Å²) in [5.74, 6) is 0.0147. The Morgan fingerprint density at radius 2 is 1.86 bits per heavy atom. The lowest BCUT2D eigenvalue weighted by Gasteiger charge is -2.29. The van der Waals surface area contributed by atoms with Crippen molar-refractivity contribution in [1.29, 1.82) is 0 Å². The molecule has 0 radical (unpaired) electrons. The Balaban J connectivity index is 1.95. The highest BCUT2D eigenvalue weighted by atomic mass is 16.3. The maximum Gasteiger partial charge on any atom is 0.253 e. The van der Waals surface area contributed by atoms with Gasteiger partial charge in [0.15, 0.2) is 0 Å². The van der Waals surface area contributed by atoms with Crippen LogP contribution in [0.3, 0.4) is 0 Å². The van der Waals surface area contributed by atoms with Crippen LogP contribution in [0.15, 0.2) is 24.3 Å². The molecule has 1 aromatic carbocycles. The van der Waals surface area contributed by atoms with Crippen LogP contribution in [0.4, 0.5) is 5.69 Å². The average molecular weight is 290 g/mol. The molecule has 1 unspecified atom stereocenters. The molecular weight excluding hydrogens is 264 g/mol. The van der Waals surface area contributed by atoms with Gasteiger partial charge in [-0.05, 0) is 56.9 Å². The van der Waals surface area contributed by atoms with Crippen LogP contribution >= 0.6 is 0 Å². The summed E-state index contributed by atoms with van der Waals surface area (Å²) in [5.41, 5.74) is 1.92. The zero-order valence-corrected chi connectivity index (χ0v) is 13.1. The van der Waals surface area contributed by atoms with Gasteiger partial charge in [0.1, 0.15) is 0 Å². The zero-order valence-electron chi connectivity index (χ0n) is 13.1. The lowest BCUT2D eigenvalue weighted by molar-refractivity contribution is 0.0769. The van der Waals surface area contributed by atoms with Gasteiger partial charge >= 0.3 is 0 Å². The van der Waals surface area contributed by atoms with Crippen LogP contribution in [0.1, 0.15) is 43.0 Å². The predicted octanol–water partition coefficient (Wildman–Crippen LogP) is 2.52. The van der Waals surface area contributed by atoms with E-state index in [0.717, 1.165) is 13.1 Å². The minimum atomic E-state index is -0.373. The fourth-order valence-electron chi connectivity index (χ4n) is 2.67. The summed E-state index contributed by atoms with van der Waals surface area (Å²) in [6.07, 6.45) is 4.06. The van der Waals surface area contributed by atoms with Crippen molar-refractivity contribution in [2.45, 2.75) is 38.7 Å². The summed E-state index contributed by atoms with van der Waals surface area (Å²) in [6, 6.07) is 7.90. The number of rotatable bonds is 5. The van der Waals surface area contributed by atoms with E-state index in [1.807, 2.05) is 24.3 Å². The van der Waals surface area contributed by atoms with Crippen LogP contribution in [0, 0.1) is 0 Å². The Hall–Kier alpha value is -1.55. The van der Waals surface area contributed by atoms with Crippen molar-refractivity contribution in [3.05, 3.63) is 29.8 Å². The largest absolute Gasteiger partial charge is 0.393 e. The molecule has 4 heteroatoms. The molecular formula is C17H26N2O2. The monoisotopic (exact) mass is 290 g/mol. The van der Waals surface area contributed by atoms with E-state index in [1.165, 1.54) is 24.9 Å². The van der Waals surface area contributed by atoms with Gasteiger partial charge in [-0.25, -0.2) is 0 Å². The van der Waals surface area contributed by atoms with E-state index in [0.29, 0.717) is 18.5 Å². The fraction of sp³-hybridized carbons (Fsp3) is 0.588. The molecule has 1 N–H and O–H groups in total. The van der Waals surface area contributed by atoms with Gasteiger partial charge in [0.2, 0.25) is 0 Å². The third kappa shape index (κ3) is 4.46. The van der Waals surface area contributed by atoms with Crippen molar-refractivity contribution >= 4 is 11.6 Å². The molecule has 21 heavy (non-hydrogen) atoms. The Kier molecular flexibility index (Phi) is 5.62. The predicted molar refractivity (Wildman–Crippen MR) is 85.8 cm³/mol. The molecule has 0 bridgehead atoms. The van der Waals surface area contributed by atoms with E-state index in [2.05, 4.69) is 4.90 Å². The fourth-order valence-corrected chi connectivity index (χ4v) is 2.67. The second-order valence-electron chi connectivity index (χ2n) is 5.96. The van der Waals surface area contributed by atoms with Crippen LogP contribution in [0.2, 0.25) is 0 Å². The maximum absolute atomic E-state index is 12.3. The van der Waals surface area contributed by atoms with Crippen LogP contribution in [0.25, 0.3) is 0 Å². The maximum atomic E-state index is 12.3. The number of aliphatic hydroxyl groups excluding tert-OH is 1. The molecule has 4 nitrogen and oxygen atoms in total. The molecule has 1 aromatic rings. The molecule has 0 saturated carbocycles. The topological polar surface area (TPSA) is 43.8 Å². The average Bonchev–Trinajstić information content (AvgIpc) is 2.53. The second kappa shape index (κ2) is 7.46. The first kappa shape index (κ1) is 15.8. The van der Waals surface area contributed by atoms with E-state index >= 15 is 0 Å². The number of nitrogens with zero attached hydrogens (tertiary/aromatic N) is 2. The van der Waals surface area contributed by atoms with E-state index < -0.39 is 0 Å². The lowest BCUT2D eigenvalue weighted by Crippen LogP contribution is -2.30. The summed E-state index contributed by atoms with van der Waals surface area (Å²) in [4.78, 5) is 16.3. The number of benzene rings is 1. The highest BCUT2D eigenvalue weighted by Gasteiger charge is 2.14. The van der Waals surface area contributed by atoms with E-state index in [4.69, 9.17) is 0 Å². The van der Waals surface area contributed by atoms with E-state index in [-0.39, 0.29) is 12.0 Å². The Morgan fingerprint density at radius 1 is 1.24 bits per heavy atom. The van der Waals surface area contributed by atoms with Crippen molar-refractivity contribution < 1.29 is 9.90 Å². The van der Waals surface area contributed by atoms with Gasteiger partial charge in [-0.2, -0.15) is 0 Å². The number of aliphatic hydroxyl groups is 1. The van der Waals surface area contributed by atoms with Crippen molar-refractivity contribution in [1.82, 2.24) is 4.90 Å². The summed E-state index contributed by atoms with van der Waals surface area (Å²) in [7, 11) is 1.78. The molecule has 0 aliphatic carbocycles. The summed E-state index contributed by atoms with van der Waals surface area (Å²) >= 11 is 0. The first-order valence-electron chi connectivity index (χ1n) is 7.86. The number of amides is 1. The first-order valence-corrected chi connectivity index (χ1v) is 7.86. The number of carbonyl (C=O) groups excluding carboxylic acids is 1. The van der Waals surface area contributed by atoms with Crippen molar-refractivity contribution in [3.63, 3.8) is 0 Å². The minimum Gasteiger partial charge on any atom is -0.393 e. The molecule has 1 saturated heterocycles. The Morgan fingerprint density at radius 3 is 2.43 bits per heavy atom. The van der Waals surface area contributed by atoms with Gasteiger partial charge in [0.05, 0.1) is 6.10 Å². The highest BCUT2D eigenvalue weighted by molar-refractivity contribution is 5.94. The number of carbonyl (C=O) groups is 1. The van der Waals surface area contributed by atoms with Crippen molar-refractivity contribution in [2.75, 3.05) is 31.6 Å². The third-order valence-corrected chi connectivity index (χ3v) is 4.06. The van der Waals surface area contributed by atoms with Crippen molar-refractivity contribution in [2.24, 2.45) is 0 Å². The first-order chi connectivity index (χ1) is 10.1. The van der Waals surface area contributed by atoms with Gasteiger partial charge in [-0.1, -0.05) is 0 Å². The van der Waals surface area contributed by atoms with Crippen LogP contribution in [-0.2, 0) is 0 Å². The van der Waals surface area contributed by atoms with E-state index in [1.54, 1.807) is 18.9 Å². The SMILES string of the molecule is CC(O)CCN(C)C(=O)c1ccc(N2CCCCC2)cc1. The molecule has 116 valence electrons. The molecule has 1 aliphatic rings. The van der Waals surface area contributed by atoms with Gasteiger partial charge < -0.3 is 14.9 Å². The summed E-state index contributed by atoms with van der Waals surface area (Å²) in [6.45, 7) is 4.54. The number of piperidine rings is 1. The molecule has 1 fully saturated rings. The summed E-state index contributed by atoms with van der Waals surface area (Å²) in [5, 5.41) is 9.29. The molecule has 1 amide bonds. The van der Waals surface area contributed by atoms with Gasteiger partial charge in [-0.15, -0.1) is 0 Å². The van der Waals surface area contributed by atoms with Crippen molar-refractivity contribution in [3.8, 4) is 0 Å². The molecule has 2 rings (SSSR count). The number of anilines is 1. The van der Waals surface area contributed by atoms with E-state index in [9.17, 15) is 9.90 Å². The summed E-state index contributed by atoms with van der Waals surface area (Å²) < 4.78 is 0. The molecule has 1 atom stereocenters. The number of hydrogen-bond donors (Lipinski definition) is 1. The van der Waals surface area contributed by atoms with Crippen LogP contribution < -0.4 is 4.90 Å². The molecule has 0 spiro atoms. The Labute approximate surface area is 127 Å². The van der Waals surface area contributed by atoms with Gasteiger partial charge in [-0.3, -0.25) is 4.79 Å². The van der Waals surface area contributed by atoms with Crippen LogP contribution in [-0.4, -0.2) is 48.7 Å². The number of hydrogen-bond acceptors (Lipinski definition) is 3. The molecule has 0 aromatic heterocycles. The highest BCUT2D eigenvalue weighted by Crippen LogP contribution is 2.20. The lowest BCUT2D eigenvalue weighted by atomic mass is 10.1. The van der Waals surface area contributed by atoms with Crippen LogP contribution in [0.5, 0.6) is 0 Å². The third-order valence-electron chi connectivity index (χ3n) is 4.06. The van der Waals surface area contributed by atoms with Gasteiger partial charge in [0, 0.05) is 37.9 Å². The second-order valence-corrected chi connectivity index (χ2v) is 5.96. The normalized spacial score (nSPS) is 16.6. The quantitative estimate of drug-likeness (QED) is 0.906. The smallest absolute Gasteiger partial charge is 0.253 e. The molecule has 1 aliphatic heterocycles. The van der Waals surface area contributed by atoms with Gasteiger partial charge in [0.25, 0.3) is 5.91 Å². The minimum absolute atomic E-state index is 0.0147.